The molecule has 92 valence electrons. The van der Waals surface area contributed by atoms with Gasteiger partial charge in [-0.15, -0.1) is 0 Å². The predicted molar refractivity (Wildman–Crippen MR) is 73.0 cm³/mol. The van der Waals surface area contributed by atoms with Crippen LogP contribution in [0.1, 0.15) is 37.7 Å². The highest BCUT2D eigenvalue weighted by molar-refractivity contribution is 9.10. The molecular weight excluding hydrogens is 280 g/mol. The molecule has 0 spiro atoms. The van der Waals surface area contributed by atoms with E-state index in [0.29, 0.717) is 6.04 Å². The molecule has 1 heterocycles. The topological polar surface area (TPSA) is 55.1 Å². The summed E-state index contributed by atoms with van der Waals surface area (Å²) in [6.07, 6.45) is 2.97. The molecule has 1 aromatic carbocycles. The van der Waals surface area contributed by atoms with Crippen molar-refractivity contribution in [3.8, 4) is 0 Å². The van der Waals surface area contributed by atoms with Gasteiger partial charge in [0, 0.05) is 16.2 Å². The summed E-state index contributed by atoms with van der Waals surface area (Å²) in [5, 5.41) is 3.48. The average molecular weight is 297 g/mol. The van der Waals surface area contributed by atoms with Crippen molar-refractivity contribution in [2.24, 2.45) is 5.73 Å². The lowest BCUT2D eigenvalue weighted by atomic mass is 9.85. The molecule has 2 atom stereocenters. The van der Waals surface area contributed by atoms with Gasteiger partial charge in [-0.2, -0.15) is 0 Å². The molecule has 1 aliphatic rings. The number of nitrogens with one attached hydrogen (secondary N) is 1. The van der Waals surface area contributed by atoms with Gasteiger partial charge in [0.2, 0.25) is 5.91 Å². The number of fused-ring (bicyclic) bond motifs is 1. The molecule has 3 nitrogen and oxygen atoms in total. The number of primary amides is 1. The van der Waals surface area contributed by atoms with E-state index in [0.717, 1.165) is 35.0 Å². The van der Waals surface area contributed by atoms with Crippen molar-refractivity contribution >= 4 is 27.5 Å². The summed E-state index contributed by atoms with van der Waals surface area (Å²) < 4.78 is 0.984. The van der Waals surface area contributed by atoms with Gasteiger partial charge in [0.1, 0.15) is 0 Å². The monoisotopic (exact) mass is 296 g/mol. The van der Waals surface area contributed by atoms with E-state index >= 15 is 0 Å². The number of benzene rings is 1. The molecule has 1 aliphatic heterocycles. The number of carbonyl (C=O) groups is 1. The minimum absolute atomic E-state index is 0.166. The molecule has 0 fully saturated rings. The van der Waals surface area contributed by atoms with E-state index in [-0.39, 0.29) is 11.8 Å². The van der Waals surface area contributed by atoms with E-state index in [1.165, 1.54) is 0 Å². The van der Waals surface area contributed by atoms with Crippen LogP contribution in [-0.4, -0.2) is 11.9 Å². The van der Waals surface area contributed by atoms with Gasteiger partial charge in [0.25, 0.3) is 0 Å². The minimum Gasteiger partial charge on any atom is -0.382 e. The van der Waals surface area contributed by atoms with Crippen molar-refractivity contribution in [3.05, 3.63) is 28.2 Å². The van der Waals surface area contributed by atoms with Crippen LogP contribution in [0.2, 0.25) is 0 Å². The summed E-state index contributed by atoms with van der Waals surface area (Å²) >= 11 is 3.43. The molecule has 4 heteroatoms. The van der Waals surface area contributed by atoms with Crippen LogP contribution in [-0.2, 0) is 4.79 Å². The van der Waals surface area contributed by atoms with Crippen molar-refractivity contribution < 1.29 is 4.79 Å². The number of amides is 1. The first-order chi connectivity index (χ1) is 8.11. The summed E-state index contributed by atoms with van der Waals surface area (Å²) in [6.45, 7) is 2.15. The Kier molecular flexibility index (Phi) is 3.72. The first-order valence-corrected chi connectivity index (χ1v) is 6.76. The maximum atomic E-state index is 11.6. The van der Waals surface area contributed by atoms with E-state index in [1.807, 2.05) is 18.2 Å². The standard InChI is InChI=1S/C13H17BrN2O/c1-2-3-9-7-11(13(15)17)10-6-8(14)4-5-12(10)16-9/h4-6,9,11,16H,2-3,7H2,1H3,(H2,15,17). The number of anilines is 1. The van der Waals surface area contributed by atoms with Crippen molar-refractivity contribution in [3.63, 3.8) is 0 Å². The summed E-state index contributed by atoms with van der Waals surface area (Å²) in [6, 6.07) is 6.33. The molecule has 0 bridgehead atoms. The first kappa shape index (κ1) is 12.4. The average Bonchev–Trinajstić information content (AvgIpc) is 2.28. The predicted octanol–water partition coefficient (Wildman–Crippen LogP) is 3.00. The van der Waals surface area contributed by atoms with E-state index in [1.54, 1.807) is 0 Å². The fraction of sp³-hybridized carbons (Fsp3) is 0.462. The molecule has 3 N–H and O–H groups in total. The van der Waals surface area contributed by atoms with Gasteiger partial charge in [-0.1, -0.05) is 29.3 Å². The lowest BCUT2D eigenvalue weighted by Gasteiger charge is -2.31. The summed E-state index contributed by atoms with van der Waals surface area (Å²) in [5.41, 5.74) is 7.56. The Morgan fingerprint density at radius 3 is 3.00 bits per heavy atom. The molecule has 0 saturated carbocycles. The SMILES string of the molecule is CCCC1CC(C(N)=O)c2cc(Br)ccc2N1. The van der Waals surface area contributed by atoms with Gasteiger partial charge < -0.3 is 11.1 Å². The van der Waals surface area contributed by atoms with Crippen molar-refractivity contribution in [2.45, 2.75) is 38.1 Å². The quantitative estimate of drug-likeness (QED) is 0.901. The van der Waals surface area contributed by atoms with Crippen molar-refractivity contribution in [1.82, 2.24) is 0 Å². The van der Waals surface area contributed by atoms with Crippen LogP contribution >= 0.6 is 15.9 Å². The zero-order valence-corrected chi connectivity index (χ0v) is 11.5. The van der Waals surface area contributed by atoms with Crippen LogP contribution in [0, 0.1) is 0 Å². The molecule has 1 amide bonds. The molecule has 2 unspecified atom stereocenters. The van der Waals surface area contributed by atoms with Crippen LogP contribution in [0.15, 0.2) is 22.7 Å². The molecule has 0 aromatic heterocycles. The summed E-state index contributed by atoms with van der Waals surface area (Å²) in [5.74, 6) is -0.396. The molecule has 0 aliphatic carbocycles. The molecule has 2 rings (SSSR count). The molecule has 17 heavy (non-hydrogen) atoms. The van der Waals surface area contributed by atoms with E-state index < -0.39 is 0 Å². The lowest BCUT2D eigenvalue weighted by molar-refractivity contribution is -0.119. The highest BCUT2D eigenvalue weighted by atomic mass is 79.9. The zero-order chi connectivity index (χ0) is 12.4. The maximum absolute atomic E-state index is 11.6. The highest BCUT2D eigenvalue weighted by Crippen LogP contribution is 2.36. The van der Waals surface area contributed by atoms with Gasteiger partial charge in [-0.25, -0.2) is 0 Å². The number of nitrogens with two attached hydrogens (primary N) is 1. The second-order valence-corrected chi connectivity index (χ2v) is 5.47. The lowest BCUT2D eigenvalue weighted by Crippen LogP contribution is -2.34. The van der Waals surface area contributed by atoms with Gasteiger partial charge in [0.05, 0.1) is 5.92 Å². The second-order valence-electron chi connectivity index (χ2n) is 4.55. The van der Waals surface area contributed by atoms with Gasteiger partial charge in [-0.3, -0.25) is 4.79 Å². The van der Waals surface area contributed by atoms with Crippen LogP contribution in [0.3, 0.4) is 0 Å². The Balaban J connectivity index is 2.35. The number of hydrogen-bond donors (Lipinski definition) is 2. The third kappa shape index (κ3) is 2.63. The number of halogens is 1. The molecule has 0 radical (unpaired) electrons. The normalized spacial score (nSPS) is 22.7. The van der Waals surface area contributed by atoms with Gasteiger partial charge in [-0.05, 0) is 36.6 Å². The van der Waals surface area contributed by atoms with Crippen molar-refractivity contribution in [1.29, 1.82) is 0 Å². The number of carbonyl (C=O) groups excluding carboxylic acids is 1. The van der Waals surface area contributed by atoms with Gasteiger partial charge >= 0.3 is 0 Å². The van der Waals surface area contributed by atoms with Crippen molar-refractivity contribution in [2.75, 3.05) is 5.32 Å². The van der Waals surface area contributed by atoms with Crippen LogP contribution in [0.25, 0.3) is 0 Å². The fourth-order valence-corrected chi connectivity index (χ4v) is 2.83. The summed E-state index contributed by atoms with van der Waals surface area (Å²) in [7, 11) is 0. The molecule has 1 aromatic rings. The smallest absolute Gasteiger partial charge is 0.225 e. The van der Waals surface area contributed by atoms with Crippen LogP contribution in [0.4, 0.5) is 5.69 Å². The Hall–Kier alpha value is -1.03. The van der Waals surface area contributed by atoms with Gasteiger partial charge in [0.15, 0.2) is 0 Å². The largest absolute Gasteiger partial charge is 0.382 e. The number of hydrogen-bond acceptors (Lipinski definition) is 2. The third-order valence-corrected chi connectivity index (χ3v) is 3.74. The highest BCUT2D eigenvalue weighted by Gasteiger charge is 2.29. The summed E-state index contributed by atoms with van der Waals surface area (Å²) in [4.78, 5) is 11.6. The Bertz CT molecular complexity index is 433. The van der Waals surface area contributed by atoms with E-state index in [4.69, 9.17) is 5.73 Å². The zero-order valence-electron chi connectivity index (χ0n) is 9.87. The third-order valence-electron chi connectivity index (χ3n) is 3.25. The first-order valence-electron chi connectivity index (χ1n) is 5.97. The minimum atomic E-state index is -0.230. The Morgan fingerprint density at radius 1 is 1.59 bits per heavy atom. The van der Waals surface area contributed by atoms with E-state index in [9.17, 15) is 4.79 Å². The molecule has 0 saturated heterocycles. The number of rotatable bonds is 3. The molecular formula is C13H17BrN2O. The fourth-order valence-electron chi connectivity index (χ4n) is 2.45. The second kappa shape index (κ2) is 5.08. The van der Waals surface area contributed by atoms with Crippen LogP contribution < -0.4 is 11.1 Å². The Labute approximate surface area is 110 Å². The van der Waals surface area contributed by atoms with E-state index in [2.05, 4.69) is 28.2 Å². The van der Waals surface area contributed by atoms with Crippen LogP contribution in [0.5, 0.6) is 0 Å². The Morgan fingerprint density at radius 2 is 2.35 bits per heavy atom. The maximum Gasteiger partial charge on any atom is 0.225 e.